The van der Waals surface area contributed by atoms with Crippen LogP contribution in [-0.2, 0) is 18.9 Å². The third-order valence-corrected chi connectivity index (χ3v) is 3.03. The maximum atomic E-state index is 5.93. The molecule has 0 bridgehead atoms. The highest BCUT2D eigenvalue weighted by Gasteiger charge is 2.61. The van der Waals surface area contributed by atoms with Gasteiger partial charge < -0.3 is 18.9 Å². The van der Waals surface area contributed by atoms with E-state index in [-0.39, 0.29) is 29.9 Å². The molecule has 2 fully saturated rings. The molecule has 2 saturated heterocycles. The number of rotatable bonds is 4. The molecular formula is C10H19BO4. The first kappa shape index (κ1) is 11.4. The van der Waals surface area contributed by atoms with Gasteiger partial charge in [-0.3, -0.25) is 0 Å². The summed E-state index contributed by atoms with van der Waals surface area (Å²) in [7, 11) is 3.72. The lowest BCUT2D eigenvalue weighted by Gasteiger charge is -2.44. The van der Waals surface area contributed by atoms with E-state index in [1.54, 1.807) is 7.11 Å². The molecule has 0 radical (unpaired) electrons. The average molecular weight is 214 g/mol. The molecule has 5 heteroatoms. The third kappa shape index (κ3) is 1.82. The van der Waals surface area contributed by atoms with Gasteiger partial charge in [-0.05, 0) is 13.8 Å². The Morgan fingerprint density at radius 2 is 2.27 bits per heavy atom. The molecule has 4 nitrogen and oxygen atoms in total. The van der Waals surface area contributed by atoms with Crippen molar-refractivity contribution in [1.82, 2.24) is 0 Å². The molecule has 2 aliphatic heterocycles. The predicted molar refractivity (Wildman–Crippen MR) is 57.8 cm³/mol. The topological polar surface area (TPSA) is 36.9 Å². The minimum Gasteiger partial charge on any atom is -0.381 e. The van der Waals surface area contributed by atoms with Crippen molar-refractivity contribution in [3.05, 3.63) is 0 Å². The largest absolute Gasteiger partial charge is 0.381 e. The molecule has 2 aliphatic rings. The number of methoxy groups -OCH3 is 1. The van der Waals surface area contributed by atoms with Gasteiger partial charge in [0, 0.05) is 7.11 Å². The zero-order valence-electron chi connectivity index (χ0n) is 9.86. The highest BCUT2D eigenvalue weighted by atomic mass is 16.7. The van der Waals surface area contributed by atoms with E-state index in [1.807, 2.05) is 21.7 Å². The van der Waals surface area contributed by atoms with Gasteiger partial charge in [-0.15, -0.1) is 0 Å². The van der Waals surface area contributed by atoms with Gasteiger partial charge in [0.15, 0.2) is 0 Å². The lowest BCUT2D eigenvalue weighted by Crippen LogP contribution is -2.62. The normalized spacial score (nSPS) is 44.1. The smallest absolute Gasteiger partial charge is 0.143 e. The van der Waals surface area contributed by atoms with E-state index in [0.717, 1.165) is 0 Å². The Morgan fingerprint density at radius 3 is 2.73 bits per heavy atom. The van der Waals surface area contributed by atoms with Crippen LogP contribution in [0.2, 0.25) is 0 Å². The minimum absolute atomic E-state index is 0.0360. The van der Waals surface area contributed by atoms with Crippen molar-refractivity contribution in [3.63, 3.8) is 0 Å². The van der Waals surface area contributed by atoms with Crippen LogP contribution in [0.4, 0.5) is 0 Å². The Hall–Kier alpha value is -0.0951. The van der Waals surface area contributed by atoms with E-state index in [1.165, 1.54) is 0 Å². The fourth-order valence-electron chi connectivity index (χ4n) is 2.44. The van der Waals surface area contributed by atoms with Crippen LogP contribution in [0.3, 0.4) is 0 Å². The van der Waals surface area contributed by atoms with Crippen LogP contribution in [-0.4, -0.2) is 58.1 Å². The van der Waals surface area contributed by atoms with Gasteiger partial charge in [0.1, 0.15) is 25.7 Å². The van der Waals surface area contributed by atoms with E-state index in [2.05, 4.69) is 0 Å². The third-order valence-electron chi connectivity index (χ3n) is 3.03. The van der Waals surface area contributed by atoms with Crippen molar-refractivity contribution in [1.29, 1.82) is 0 Å². The molecule has 15 heavy (non-hydrogen) atoms. The molecule has 0 saturated carbocycles. The minimum atomic E-state index is -0.256. The summed E-state index contributed by atoms with van der Waals surface area (Å²) in [6.07, 6.45) is 0.271. The first-order chi connectivity index (χ1) is 7.09. The van der Waals surface area contributed by atoms with Gasteiger partial charge in [-0.25, -0.2) is 0 Å². The number of hydrogen-bond acceptors (Lipinski definition) is 4. The first-order valence-electron chi connectivity index (χ1n) is 5.53. The average Bonchev–Trinajstić information content (AvgIpc) is 2.27. The number of ether oxygens (including phenoxy) is 4. The number of fused-ring (bicyclic) bond motifs is 1. The Labute approximate surface area is 91.6 Å². The molecule has 0 aliphatic carbocycles. The van der Waals surface area contributed by atoms with Gasteiger partial charge in [0.05, 0.1) is 25.3 Å². The summed E-state index contributed by atoms with van der Waals surface area (Å²) in [4.78, 5) is 0. The van der Waals surface area contributed by atoms with Crippen LogP contribution in [0.25, 0.3) is 0 Å². The molecule has 0 aromatic heterocycles. The second-order valence-electron chi connectivity index (χ2n) is 4.70. The van der Waals surface area contributed by atoms with Crippen molar-refractivity contribution < 1.29 is 18.9 Å². The molecule has 0 amide bonds. The Kier molecular flexibility index (Phi) is 3.08. The standard InChI is InChI=1S/C10H19BO4/c1-6(2)14-7-8-10(4-12-3,5-13-8)15-9(7)11/h6-9H,4-5,11H2,1-3H3. The molecule has 2 heterocycles. The van der Waals surface area contributed by atoms with Crippen LogP contribution in [0.5, 0.6) is 0 Å². The Balaban J connectivity index is 2.03. The monoisotopic (exact) mass is 214 g/mol. The zero-order chi connectivity index (χ0) is 11.1. The second-order valence-corrected chi connectivity index (χ2v) is 4.70. The van der Waals surface area contributed by atoms with E-state index < -0.39 is 0 Å². The fraction of sp³-hybridized carbons (Fsp3) is 1.00. The Bertz CT molecular complexity index is 235. The summed E-state index contributed by atoms with van der Waals surface area (Å²) < 4.78 is 22.5. The van der Waals surface area contributed by atoms with Crippen molar-refractivity contribution in [2.45, 2.75) is 43.8 Å². The Morgan fingerprint density at radius 1 is 1.53 bits per heavy atom. The molecular weight excluding hydrogens is 195 g/mol. The molecule has 0 N–H and O–H groups in total. The van der Waals surface area contributed by atoms with Crippen molar-refractivity contribution in [2.24, 2.45) is 0 Å². The summed E-state index contributed by atoms with van der Waals surface area (Å²) in [6, 6.07) is 0.0788. The van der Waals surface area contributed by atoms with Crippen molar-refractivity contribution in [3.8, 4) is 0 Å². The van der Waals surface area contributed by atoms with Gasteiger partial charge in [-0.2, -0.15) is 0 Å². The lowest BCUT2D eigenvalue weighted by molar-refractivity contribution is -0.246. The highest BCUT2D eigenvalue weighted by Crippen LogP contribution is 2.42. The summed E-state index contributed by atoms with van der Waals surface area (Å²) in [5, 5.41) is 0. The summed E-state index contributed by atoms with van der Waals surface area (Å²) in [6.45, 7) is 5.26. The van der Waals surface area contributed by atoms with Gasteiger partial charge in [0.25, 0.3) is 0 Å². The quantitative estimate of drug-likeness (QED) is 0.594. The summed E-state index contributed by atoms with van der Waals surface area (Å²) in [5.41, 5.74) is -0.256. The van der Waals surface area contributed by atoms with Crippen LogP contribution in [0, 0.1) is 0 Å². The van der Waals surface area contributed by atoms with Crippen LogP contribution in [0.15, 0.2) is 0 Å². The molecule has 4 unspecified atom stereocenters. The highest BCUT2D eigenvalue weighted by molar-refractivity contribution is 6.11. The molecule has 86 valence electrons. The predicted octanol–water partition coefficient (Wildman–Crippen LogP) is -0.447. The van der Waals surface area contributed by atoms with E-state index in [0.29, 0.717) is 13.2 Å². The maximum absolute atomic E-state index is 5.93. The molecule has 4 atom stereocenters. The SMILES string of the molecule is BC1OC2(COC)COC2C1OC(C)C. The molecule has 2 rings (SSSR count). The summed E-state index contributed by atoms with van der Waals surface area (Å²) in [5.74, 6) is 0. The van der Waals surface area contributed by atoms with Crippen molar-refractivity contribution in [2.75, 3.05) is 20.3 Å². The van der Waals surface area contributed by atoms with Crippen LogP contribution in [0.1, 0.15) is 13.8 Å². The maximum Gasteiger partial charge on any atom is 0.143 e. The van der Waals surface area contributed by atoms with Crippen LogP contribution >= 0.6 is 0 Å². The van der Waals surface area contributed by atoms with E-state index in [9.17, 15) is 0 Å². The van der Waals surface area contributed by atoms with E-state index >= 15 is 0 Å². The van der Waals surface area contributed by atoms with Crippen molar-refractivity contribution >= 4 is 7.85 Å². The van der Waals surface area contributed by atoms with Gasteiger partial charge >= 0.3 is 0 Å². The van der Waals surface area contributed by atoms with Crippen LogP contribution < -0.4 is 0 Å². The lowest BCUT2D eigenvalue weighted by atomic mass is 9.86. The molecule has 0 spiro atoms. The number of hydrogen-bond donors (Lipinski definition) is 0. The van der Waals surface area contributed by atoms with Gasteiger partial charge in [-0.1, -0.05) is 0 Å². The second kappa shape index (κ2) is 4.05. The fourth-order valence-corrected chi connectivity index (χ4v) is 2.44. The summed E-state index contributed by atoms with van der Waals surface area (Å²) >= 11 is 0. The van der Waals surface area contributed by atoms with E-state index in [4.69, 9.17) is 18.9 Å². The molecule has 0 aromatic rings. The first-order valence-corrected chi connectivity index (χ1v) is 5.53. The van der Waals surface area contributed by atoms with Gasteiger partial charge in [0.2, 0.25) is 0 Å². The zero-order valence-corrected chi connectivity index (χ0v) is 9.86. The molecule has 0 aromatic carbocycles.